The number of nitrogens with zero attached hydrogens (tertiary/aromatic N) is 1. The van der Waals surface area contributed by atoms with Crippen LogP contribution >= 0.6 is 0 Å². The van der Waals surface area contributed by atoms with E-state index >= 15 is 0 Å². The number of carbonyl (C=O) groups excluding carboxylic acids is 2. The first-order valence-electron chi connectivity index (χ1n) is 8.21. The van der Waals surface area contributed by atoms with Gasteiger partial charge in [-0.1, -0.05) is 57.2 Å². The Kier molecular flexibility index (Phi) is 5.74. The van der Waals surface area contributed by atoms with Crippen LogP contribution in [-0.4, -0.2) is 18.9 Å². The molecule has 0 fully saturated rings. The lowest BCUT2D eigenvalue weighted by atomic mass is 9.86. The Morgan fingerprint density at radius 3 is 1.96 bits per heavy atom. The van der Waals surface area contributed by atoms with Gasteiger partial charge in [-0.05, 0) is 34.8 Å². The third kappa shape index (κ3) is 4.46. The van der Waals surface area contributed by atoms with Gasteiger partial charge < -0.3 is 4.74 Å². The second-order valence-corrected chi connectivity index (χ2v) is 6.94. The molecule has 0 heterocycles. The average molecular weight is 347 g/mol. The molecule has 0 aliphatic heterocycles. The minimum Gasteiger partial charge on any atom is -0.465 e. The van der Waals surface area contributed by atoms with Gasteiger partial charge in [0.05, 0.1) is 12.7 Å². The molecule has 0 N–H and O–H groups in total. The quantitative estimate of drug-likeness (QED) is 0.352. The predicted molar refractivity (Wildman–Crippen MR) is 101 cm³/mol. The van der Waals surface area contributed by atoms with Gasteiger partial charge in [-0.3, -0.25) is 4.79 Å². The van der Waals surface area contributed by atoms with Gasteiger partial charge in [-0.2, -0.15) is 5.26 Å². The summed E-state index contributed by atoms with van der Waals surface area (Å²) in [5, 5.41) is 9.37. The van der Waals surface area contributed by atoms with E-state index in [1.165, 1.54) is 13.2 Å². The molecule has 0 spiro atoms. The number of Topliss-reactive ketones (excluding diaryl/α,β-unsaturated/α-hetero) is 1. The fourth-order valence-electron chi connectivity index (χ4n) is 2.43. The van der Waals surface area contributed by atoms with Gasteiger partial charge in [0, 0.05) is 5.56 Å². The number of carbonyl (C=O) groups is 2. The van der Waals surface area contributed by atoms with Gasteiger partial charge in [0.25, 0.3) is 0 Å². The van der Waals surface area contributed by atoms with Crippen LogP contribution in [0.5, 0.6) is 0 Å². The number of esters is 1. The normalized spacial score (nSPS) is 11.6. The van der Waals surface area contributed by atoms with Gasteiger partial charge in [-0.15, -0.1) is 0 Å². The molecule has 0 bridgehead atoms. The van der Waals surface area contributed by atoms with Crippen molar-refractivity contribution in [3.8, 4) is 6.07 Å². The number of methoxy groups -OCH3 is 1. The van der Waals surface area contributed by atoms with Crippen LogP contribution in [0, 0.1) is 11.3 Å². The summed E-state index contributed by atoms with van der Waals surface area (Å²) in [4.78, 5) is 24.0. The zero-order valence-electron chi connectivity index (χ0n) is 15.4. The Morgan fingerprint density at radius 1 is 0.962 bits per heavy atom. The number of rotatable bonds is 4. The fourth-order valence-corrected chi connectivity index (χ4v) is 2.43. The first kappa shape index (κ1) is 19.1. The SMILES string of the molecule is COC(=O)c1ccc(/C=C(\C#N)C(=O)c2ccc(C(C)(C)C)cc2)cc1. The molecule has 0 amide bonds. The van der Waals surface area contributed by atoms with E-state index in [0.29, 0.717) is 16.7 Å². The van der Waals surface area contributed by atoms with Crippen LogP contribution < -0.4 is 0 Å². The second-order valence-electron chi connectivity index (χ2n) is 6.94. The highest BCUT2D eigenvalue weighted by Crippen LogP contribution is 2.23. The lowest BCUT2D eigenvalue weighted by Crippen LogP contribution is -2.11. The largest absolute Gasteiger partial charge is 0.465 e. The predicted octanol–water partition coefficient (Wildman–Crippen LogP) is 4.56. The summed E-state index contributed by atoms with van der Waals surface area (Å²) in [6.07, 6.45) is 1.51. The monoisotopic (exact) mass is 347 g/mol. The number of benzene rings is 2. The standard InChI is InChI=1S/C22H21NO3/c1-22(2,3)19-11-9-16(10-12-19)20(24)18(14-23)13-15-5-7-17(8-6-15)21(25)26-4/h5-13H,1-4H3/b18-13+. The van der Waals surface area contributed by atoms with Crippen molar-refractivity contribution >= 4 is 17.8 Å². The summed E-state index contributed by atoms with van der Waals surface area (Å²) in [5.41, 5.74) is 2.70. The van der Waals surface area contributed by atoms with E-state index in [-0.39, 0.29) is 16.8 Å². The van der Waals surface area contributed by atoms with Gasteiger partial charge >= 0.3 is 5.97 Å². The number of allylic oxidation sites excluding steroid dienone is 1. The van der Waals surface area contributed by atoms with Crippen molar-refractivity contribution < 1.29 is 14.3 Å². The molecular formula is C22H21NO3. The summed E-state index contributed by atoms with van der Waals surface area (Å²) >= 11 is 0. The van der Waals surface area contributed by atoms with Crippen LogP contribution in [0.1, 0.15) is 52.6 Å². The molecule has 0 atom stereocenters. The van der Waals surface area contributed by atoms with Crippen molar-refractivity contribution in [3.05, 3.63) is 76.4 Å². The molecule has 132 valence electrons. The lowest BCUT2D eigenvalue weighted by Gasteiger charge is -2.18. The molecule has 0 radical (unpaired) electrons. The molecule has 26 heavy (non-hydrogen) atoms. The average Bonchev–Trinajstić information content (AvgIpc) is 2.64. The van der Waals surface area contributed by atoms with Gasteiger partial charge in [0.1, 0.15) is 11.6 Å². The molecule has 2 aromatic carbocycles. The summed E-state index contributed by atoms with van der Waals surface area (Å²) in [6.45, 7) is 6.30. The van der Waals surface area contributed by atoms with E-state index in [4.69, 9.17) is 0 Å². The summed E-state index contributed by atoms with van der Waals surface area (Å²) in [6, 6.07) is 15.8. The van der Waals surface area contributed by atoms with E-state index in [1.54, 1.807) is 36.4 Å². The number of hydrogen-bond donors (Lipinski definition) is 0. The summed E-state index contributed by atoms with van der Waals surface area (Å²) in [7, 11) is 1.31. The number of hydrogen-bond acceptors (Lipinski definition) is 4. The van der Waals surface area contributed by atoms with Crippen molar-refractivity contribution in [2.45, 2.75) is 26.2 Å². The second kappa shape index (κ2) is 7.79. The molecule has 0 aliphatic carbocycles. The van der Waals surface area contributed by atoms with E-state index in [1.807, 2.05) is 18.2 Å². The highest BCUT2D eigenvalue weighted by atomic mass is 16.5. The minimum atomic E-state index is -0.434. The van der Waals surface area contributed by atoms with E-state index < -0.39 is 5.97 Å². The molecule has 0 saturated carbocycles. The van der Waals surface area contributed by atoms with Crippen LogP contribution in [0.2, 0.25) is 0 Å². The molecule has 0 saturated heterocycles. The molecule has 4 heteroatoms. The number of nitriles is 1. The third-order valence-corrected chi connectivity index (χ3v) is 4.02. The van der Waals surface area contributed by atoms with E-state index in [2.05, 4.69) is 25.5 Å². The highest BCUT2D eigenvalue weighted by molar-refractivity contribution is 6.14. The van der Waals surface area contributed by atoms with Crippen LogP contribution in [0.25, 0.3) is 6.08 Å². The number of ether oxygens (including phenoxy) is 1. The Balaban J connectivity index is 2.27. The maximum atomic E-state index is 12.6. The first-order valence-corrected chi connectivity index (χ1v) is 8.21. The van der Waals surface area contributed by atoms with Crippen molar-refractivity contribution in [1.29, 1.82) is 5.26 Å². The molecule has 2 rings (SSSR count). The molecule has 0 aromatic heterocycles. The van der Waals surface area contributed by atoms with Gasteiger partial charge in [0.2, 0.25) is 5.78 Å². The molecular weight excluding hydrogens is 326 g/mol. The molecule has 4 nitrogen and oxygen atoms in total. The van der Waals surface area contributed by atoms with Gasteiger partial charge in [0.15, 0.2) is 0 Å². The highest BCUT2D eigenvalue weighted by Gasteiger charge is 2.16. The summed E-state index contributed by atoms with van der Waals surface area (Å²) in [5.74, 6) is -0.763. The minimum absolute atomic E-state index is 0.00312. The van der Waals surface area contributed by atoms with Crippen LogP contribution in [0.15, 0.2) is 54.1 Å². The topological polar surface area (TPSA) is 67.2 Å². The smallest absolute Gasteiger partial charge is 0.337 e. The molecule has 0 aliphatic rings. The number of ketones is 1. The maximum Gasteiger partial charge on any atom is 0.337 e. The summed E-state index contributed by atoms with van der Waals surface area (Å²) < 4.78 is 4.65. The molecule has 0 unspecified atom stereocenters. The lowest BCUT2D eigenvalue weighted by molar-refractivity contribution is 0.0600. The van der Waals surface area contributed by atoms with E-state index in [0.717, 1.165) is 5.56 Å². The fraction of sp³-hybridized carbons (Fsp3) is 0.227. The van der Waals surface area contributed by atoms with Crippen molar-refractivity contribution in [2.75, 3.05) is 7.11 Å². The van der Waals surface area contributed by atoms with Crippen LogP contribution in [0.4, 0.5) is 0 Å². The first-order chi connectivity index (χ1) is 12.3. The Bertz CT molecular complexity index is 877. The van der Waals surface area contributed by atoms with Crippen molar-refractivity contribution in [2.24, 2.45) is 0 Å². The van der Waals surface area contributed by atoms with Crippen molar-refractivity contribution in [1.82, 2.24) is 0 Å². The zero-order valence-corrected chi connectivity index (χ0v) is 15.4. The van der Waals surface area contributed by atoms with Crippen LogP contribution in [-0.2, 0) is 10.2 Å². The third-order valence-electron chi connectivity index (χ3n) is 4.02. The Hall–Kier alpha value is -3.19. The van der Waals surface area contributed by atoms with Crippen LogP contribution in [0.3, 0.4) is 0 Å². The Labute approximate surface area is 153 Å². The van der Waals surface area contributed by atoms with Gasteiger partial charge in [-0.25, -0.2) is 4.79 Å². The van der Waals surface area contributed by atoms with E-state index in [9.17, 15) is 14.9 Å². The zero-order chi connectivity index (χ0) is 19.3. The maximum absolute atomic E-state index is 12.6. The Morgan fingerprint density at radius 2 is 1.50 bits per heavy atom. The van der Waals surface area contributed by atoms with Crippen molar-refractivity contribution in [3.63, 3.8) is 0 Å². The molecule has 2 aromatic rings.